The molecular formula is C32H37Cl2FN4O4. The highest BCUT2D eigenvalue weighted by Gasteiger charge is 2.54. The molecule has 4 saturated carbocycles. The summed E-state index contributed by atoms with van der Waals surface area (Å²) in [4.78, 5) is 44.3. The first-order valence-corrected chi connectivity index (χ1v) is 16.0. The van der Waals surface area contributed by atoms with Crippen LogP contribution >= 0.6 is 23.2 Å². The fourth-order valence-electron chi connectivity index (χ4n) is 8.00. The van der Waals surface area contributed by atoms with Crippen molar-refractivity contribution in [1.29, 1.82) is 0 Å². The summed E-state index contributed by atoms with van der Waals surface area (Å²) in [6.07, 6.45) is 9.39. The van der Waals surface area contributed by atoms with Crippen LogP contribution in [0.15, 0.2) is 30.5 Å². The Hall–Kier alpha value is -2.75. The lowest BCUT2D eigenvalue weighted by molar-refractivity contribution is -0.157. The number of carbonyl (C=O) groups is 3. The van der Waals surface area contributed by atoms with E-state index >= 15 is 4.39 Å². The van der Waals surface area contributed by atoms with E-state index in [0.717, 1.165) is 19.3 Å². The van der Waals surface area contributed by atoms with Crippen LogP contribution in [-0.2, 0) is 20.8 Å². The molecule has 2 bridgehead atoms. The first-order valence-electron chi connectivity index (χ1n) is 15.2. The summed E-state index contributed by atoms with van der Waals surface area (Å²) in [5.74, 6) is -2.51. The molecule has 43 heavy (non-hydrogen) atoms. The second-order valence-electron chi connectivity index (χ2n) is 13.2. The molecule has 230 valence electrons. The smallest absolute Gasteiger partial charge is 0.309 e. The van der Waals surface area contributed by atoms with E-state index in [1.54, 1.807) is 24.4 Å². The third-order valence-electron chi connectivity index (χ3n) is 10.6. The normalized spacial score (nSPS) is 30.3. The van der Waals surface area contributed by atoms with Gasteiger partial charge in [0.2, 0.25) is 11.8 Å². The van der Waals surface area contributed by atoms with Crippen LogP contribution in [0.25, 0.3) is 0 Å². The first-order chi connectivity index (χ1) is 20.5. The van der Waals surface area contributed by atoms with Crippen molar-refractivity contribution in [3.63, 3.8) is 0 Å². The Morgan fingerprint density at radius 1 is 1.02 bits per heavy atom. The number of amides is 2. The molecular weight excluding hydrogens is 594 g/mol. The van der Waals surface area contributed by atoms with Crippen LogP contribution in [0.4, 0.5) is 10.1 Å². The molecule has 8 nitrogen and oxygen atoms in total. The SMILES string of the molecule is O=C1CC2(CCCCC2)N[C@@H](C(=O)NC23CCC(C(=O)O)(CC2)CC3)[C@H](c2cccc(Cl)c2F)Cc2cnc(Cl)cc2N1. The summed E-state index contributed by atoms with van der Waals surface area (Å²) in [6.45, 7) is 0. The van der Waals surface area contributed by atoms with Crippen molar-refractivity contribution in [3.05, 3.63) is 57.6 Å². The van der Waals surface area contributed by atoms with Crippen molar-refractivity contribution in [2.45, 2.75) is 107 Å². The molecule has 7 rings (SSSR count). The molecule has 0 unspecified atom stereocenters. The maximum absolute atomic E-state index is 15.8. The molecule has 1 spiro atoms. The van der Waals surface area contributed by atoms with Gasteiger partial charge < -0.3 is 15.7 Å². The van der Waals surface area contributed by atoms with Crippen LogP contribution in [0.2, 0.25) is 10.2 Å². The minimum Gasteiger partial charge on any atom is -0.481 e. The highest BCUT2D eigenvalue weighted by Crippen LogP contribution is 2.52. The summed E-state index contributed by atoms with van der Waals surface area (Å²) in [6, 6.07) is 5.52. The number of fused-ring (bicyclic) bond motifs is 4. The molecule has 2 amide bonds. The average Bonchev–Trinajstić information content (AvgIpc) is 2.98. The Morgan fingerprint density at radius 3 is 2.40 bits per heavy atom. The molecule has 4 aliphatic carbocycles. The Balaban J connectivity index is 1.43. The topological polar surface area (TPSA) is 120 Å². The van der Waals surface area contributed by atoms with Crippen LogP contribution in [0.1, 0.15) is 94.1 Å². The van der Waals surface area contributed by atoms with Crippen molar-refractivity contribution >= 4 is 46.7 Å². The van der Waals surface area contributed by atoms with E-state index in [4.69, 9.17) is 23.2 Å². The lowest BCUT2D eigenvalue weighted by Gasteiger charge is -2.52. The third-order valence-corrected chi connectivity index (χ3v) is 11.1. The van der Waals surface area contributed by atoms with Gasteiger partial charge in [-0.05, 0) is 81.0 Å². The van der Waals surface area contributed by atoms with Gasteiger partial charge in [0.1, 0.15) is 11.0 Å². The van der Waals surface area contributed by atoms with Gasteiger partial charge in [-0.25, -0.2) is 9.37 Å². The van der Waals surface area contributed by atoms with E-state index in [1.807, 2.05) is 0 Å². The van der Waals surface area contributed by atoms with Gasteiger partial charge in [-0.1, -0.05) is 54.6 Å². The third kappa shape index (κ3) is 5.88. The van der Waals surface area contributed by atoms with E-state index in [-0.39, 0.29) is 34.8 Å². The largest absolute Gasteiger partial charge is 0.481 e. The van der Waals surface area contributed by atoms with Gasteiger partial charge in [0.15, 0.2) is 0 Å². The minimum absolute atomic E-state index is 0.0351. The highest BCUT2D eigenvalue weighted by molar-refractivity contribution is 6.30. The van der Waals surface area contributed by atoms with Gasteiger partial charge in [0, 0.05) is 35.3 Å². The van der Waals surface area contributed by atoms with E-state index in [1.165, 1.54) is 6.07 Å². The second kappa shape index (κ2) is 11.6. The number of aromatic nitrogens is 1. The van der Waals surface area contributed by atoms with Gasteiger partial charge in [-0.2, -0.15) is 0 Å². The fraction of sp³-hybridized carbons (Fsp3) is 0.562. The van der Waals surface area contributed by atoms with Crippen molar-refractivity contribution in [3.8, 4) is 0 Å². The number of rotatable bonds is 4. The Morgan fingerprint density at radius 2 is 1.72 bits per heavy atom. The van der Waals surface area contributed by atoms with Crippen molar-refractivity contribution < 1.29 is 23.9 Å². The van der Waals surface area contributed by atoms with Crippen LogP contribution < -0.4 is 16.0 Å². The van der Waals surface area contributed by atoms with Crippen molar-refractivity contribution in [1.82, 2.24) is 15.6 Å². The van der Waals surface area contributed by atoms with Crippen LogP contribution in [0.5, 0.6) is 0 Å². The molecule has 5 aliphatic rings. The fourth-order valence-corrected chi connectivity index (χ4v) is 8.34. The Kier molecular flexibility index (Phi) is 8.20. The van der Waals surface area contributed by atoms with Gasteiger partial charge in [0.25, 0.3) is 0 Å². The van der Waals surface area contributed by atoms with Crippen molar-refractivity contribution in [2.24, 2.45) is 5.41 Å². The summed E-state index contributed by atoms with van der Waals surface area (Å²) < 4.78 is 15.8. The number of benzene rings is 1. The lowest BCUT2D eigenvalue weighted by Crippen LogP contribution is -2.65. The van der Waals surface area contributed by atoms with E-state index in [9.17, 15) is 19.5 Å². The molecule has 2 atom stereocenters. The summed E-state index contributed by atoms with van der Waals surface area (Å²) in [5, 5.41) is 20.1. The quantitative estimate of drug-likeness (QED) is 0.301. The number of hydrogen-bond acceptors (Lipinski definition) is 5. The molecule has 0 radical (unpaired) electrons. The molecule has 2 heterocycles. The number of carboxylic acid groups (broad SMARTS) is 1. The predicted molar refractivity (Wildman–Crippen MR) is 162 cm³/mol. The Labute approximate surface area is 260 Å². The van der Waals surface area contributed by atoms with Gasteiger partial charge >= 0.3 is 5.97 Å². The number of carboxylic acids is 1. The molecule has 2 aromatic rings. The number of hydrogen-bond donors (Lipinski definition) is 4. The zero-order chi connectivity index (χ0) is 30.4. The number of aliphatic carboxylic acids is 1. The monoisotopic (exact) mass is 630 g/mol. The highest BCUT2D eigenvalue weighted by atomic mass is 35.5. The maximum atomic E-state index is 15.8. The number of carbonyl (C=O) groups excluding carboxylic acids is 2. The van der Waals surface area contributed by atoms with Gasteiger partial charge in [-0.15, -0.1) is 0 Å². The van der Waals surface area contributed by atoms with Crippen LogP contribution in [0, 0.1) is 11.2 Å². The Bertz CT molecular complexity index is 1420. The zero-order valence-electron chi connectivity index (χ0n) is 24.0. The summed E-state index contributed by atoms with van der Waals surface area (Å²) >= 11 is 12.5. The molecule has 1 aliphatic heterocycles. The van der Waals surface area contributed by atoms with E-state index < -0.39 is 40.2 Å². The predicted octanol–water partition coefficient (Wildman–Crippen LogP) is 6.15. The van der Waals surface area contributed by atoms with Crippen LogP contribution in [-0.4, -0.2) is 45.0 Å². The molecule has 1 aromatic heterocycles. The average molecular weight is 632 g/mol. The maximum Gasteiger partial charge on any atom is 0.309 e. The molecule has 4 N–H and O–H groups in total. The number of nitrogens with one attached hydrogen (secondary N) is 3. The van der Waals surface area contributed by atoms with Crippen LogP contribution in [0.3, 0.4) is 0 Å². The minimum atomic E-state index is -0.900. The standard InChI is InChI=1S/C32H37Cl2FN4O4/c33-22-6-4-5-20(26(22)35)21-15-19-18-36-24(34)16-23(19)37-25(40)17-32(7-2-1-3-8-32)38-27(21)28(41)39-31-12-9-30(10-13-31,11-14-31)29(42)43/h4-6,16,18,21,27,38H,1-3,7-15,17H2,(H,37,40)(H,39,41)(H,42,43)/t21-,27+,30?,31?/m0/s1. The van der Waals surface area contributed by atoms with Gasteiger partial charge in [-0.3, -0.25) is 19.7 Å². The van der Waals surface area contributed by atoms with Gasteiger partial charge in [0.05, 0.1) is 16.5 Å². The molecule has 4 fully saturated rings. The molecule has 0 saturated heterocycles. The van der Waals surface area contributed by atoms with Crippen molar-refractivity contribution in [2.75, 3.05) is 5.32 Å². The van der Waals surface area contributed by atoms with E-state index in [0.29, 0.717) is 68.2 Å². The number of halogens is 3. The zero-order valence-corrected chi connectivity index (χ0v) is 25.5. The molecule has 1 aromatic carbocycles. The van der Waals surface area contributed by atoms with E-state index in [2.05, 4.69) is 20.9 Å². The lowest BCUT2D eigenvalue weighted by atomic mass is 9.57. The number of pyridine rings is 1. The second-order valence-corrected chi connectivity index (χ2v) is 14.0. The summed E-state index contributed by atoms with van der Waals surface area (Å²) in [7, 11) is 0. The summed E-state index contributed by atoms with van der Waals surface area (Å²) in [5.41, 5.74) is -0.485. The number of nitrogens with zero attached hydrogens (tertiary/aromatic N) is 1. The first kappa shape index (κ1) is 30.3. The molecule has 11 heteroatoms. The number of anilines is 1.